The number of carbonyl (C=O) groups is 2. The quantitative estimate of drug-likeness (QED) is 0.292. The van der Waals surface area contributed by atoms with Crippen molar-refractivity contribution < 1.29 is 23.8 Å². The van der Waals surface area contributed by atoms with Gasteiger partial charge in [-0.2, -0.15) is 4.98 Å². The lowest BCUT2D eigenvalue weighted by atomic mass is 10.1. The van der Waals surface area contributed by atoms with Gasteiger partial charge in [0, 0.05) is 62.4 Å². The minimum Gasteiger partial charge on any atom is -0.497 e. The molecule has 6 rings (SSSR count). The number of nitrogens with zero attached hydrogens (tertiary/aromatic N) is 6. The zero-order chi connectivity index (χ0) is 31.2. The first-order valence-electron chi connectivity index (χ1n) is 14.9. The van der Waals surface area contributed by atoms with E-state index >= 15 is 0 Å². The van der Waals surface area contributed by atoms with Crippen LogP contribution in [-0.2, 0) is 11.2 Å². The zero-order valence-electron chi connectivity index (χ0n) is 25.3. The van der Waals surface area contributed by atoms with Crippen LogP contribution in [0, 0.1) is 6.92 Å². The Balaban J connectivity index is 1.14. The maximum atomic E-state index is 13.5. The number of methoxy groups -OCH3 is 1. The Kier molecular flexibility index (Phi) is 8.94. The standard InChI is InChI=1S/C32H36N8O5/c1-22-17-29(37-31(35-22)39-12-11-33-21-39)38-13-14-40(32(42)36-24-4-6-26(43-2)7-5-24)25(20-38)19-30(41)34-10-9-23-3-8-27-28(18-23)45-16-15-44-27/h3-8,11-12,17-18,21,25H,9-10,13-16,19-20H2,1-2H3,(H,34,41)(H,36,42). The van der Waals surface area contributed by atoms with Crippen molar-refractivity contribution in [3.05, 3.63) is 78.5 Å². The number of amides is 3. The number of rotatable bonds is 9. The fourth-order valence-electron chi connectivity index (χ4n) is 5.44. The van der Waals surface area contributed by atoms with Gasteiger partial charge in [-0.15, -0.1) is 0 Å². The highest BCUT2D eigenvalue weighted by Gasteiger charge is 2.33. The van der Waals surface area contributed by atoms with Gasteiger partial charge in [-0.25, -0.2) is 14.8 Å². The predicted octanol–water partition coefficient (Wildman–Crippen LogP) is 3.22. The molecule has 1 atom stereocenters. The van der Waals surface area contributed by atoms with Crippen LogP contribution in [0.5, 0.6) is 17.2 Å². The Labute approximate surface area is 261 Å². The maximum absolute atomic E-state index is 13.5. The Morgan fingerprint density at radius 3 is 2.62 bits per heavy atom. The smallest absolute Gasteiger partial charge is 0.322 e. The monoisotopic (exact) mass is 612 g/mol. The topological polar surface area (TPSA) is 136 Å². The number of anilines is 2. The molecule has 2 aromatic heterocycles. The Morgan fingerprint density at radius 1 is 1.02 bits per heavy atom. The van der Waals surface area contributed by atoms with Gasteiger partial charge in [0.05, 0.1) is 13.2 Å². The first-order chi connectivity index (χ1) is 21.9. The maximum Gasteiger partial charge on any atom is 0.322 e. The van der Waals surface area contributed by atoms with E-state index < -0.39 is 6.04 Å². The number of ether oxygens (including phenoxy) is 3. The summed E-state index contributed by atoms with van der Waals surface area (Å²) in [6.45, 7) is 4.79. The van der Waals surface area contributed by atoms with Crippen LogP contribution in [0.2, 0.25) is 0 Å². The third-order valence-electron chi connectivity index (χ3n) is 7.74. The molecule has 2 N–H and O–H groups in total. The molecule has 2 aliphatic rings. The second-order valence-corrected chi connectivity index (χ2v) is 10.9. The van der Waals surface area contributed by atoms with E-state index in [-0.39, 0.29) is 18.4 Å². The van der Waals surface area contributed by atoms with E-state index in [9.17, 15) is 9.59 Å². The van der Waals surface area contributed by atoms with Crippen molar-refractivity contribution in [2.45, 2.75) is 25.8 Å². The molecule has 0 radical (unpaired) electrons. The first kappa shape index (κ1) is 29.7. The SMILES string of the molecule is COc1ccc(NC(=O)N2CCN(c3cc(C)nc(-n4ccnc4)n3)CC2CC(=O)NCCc2ccc3c(c2)OCCO3)cc1. The summed E-state index contributed by atoms with van der Waals surface area (Å²) in [5.41, 5.74) is 2.48. The van der Waals surface area contributed by atoms with Crippen LogP contribution in [0.3, 0.4) is 0 Å². The van der Waals surface area contributed by atoms with Gasteiger partial charge in [-0.3, -0.25) is 9.36 Å². The van der Waals surface area contributed by atoms with Crippen molar-refractivity contribution in [1.82, 2.24) is 29.7 Å². The summed E-state index contributed by atoms with van der Waals surface area (Å²) < 4.78 is 18.3. The molecular formula is C32H36N8O5. The summed E-state index contributed by atoms with van der Waals surface area (Å²) in [7, 11) is 1.59. The van der Waals surface area contributed by atoms with E-state index in [0.29, 0.717) is 63.2 Å². The van der Waals surface area contributed by atoms with Gasteiger partial charge < -0.3 is 34.6 Å². The third-order valence-corrected chi connectivity index (χ3v) is 7.74. The Morgan fingerprint density at radius 2 is 1.84 bits per heavy atom. The number of aromatic nitrogens is 4. The lowest BCUT2D eigenvalue weighted by Crippen LogP contribution is -2.57. The molecule has 2 aliphatic heterocycles. The number of nitrogens with one attached hydrogen (secondary N) is 2. The molecule has 3 amide bonds. The first-order valence-corrected chi connectivity index (χ1v) is 14.9. The van der Waals surface area contributed by atoms with Gasteiger partial charge in [-0.1, -0.05) is 6.07 Å². The van der Waals surface area contributed by atoms with Crippen LogP contribution in [0.4, 0.5) is 16.3 Å². The van der Waals surface area contributed by atoms with Crippen molar-refractivity contribution in [1.29, 1.82) is 0 Å². The summed E-state index contributed by atoms with van der Waals surface area (Å²) in [5, 5.41) is 6.00. The lowest BCUT2D eigenvalue weighted by Gasteiger charge is -2.41. The summed E-state index contributed by atoms with van der Waals surface area (Å²) in [6, 6.07) is 14.2. The van der Waals surface area contributed by atoms with Crippen molar-refractivity contribution in [3.8, 4) is 23.2 Å². The van der Waals surface area contributed by atoms with Crippen LogP contribution in [-0.4, -0.2) is 88.9 Å². The van der Waals surface area contributed by atoms with Crippen molar-refractivity contribution in [2.24, 2.45) is 0 Å². The van der Waals surface area contributed by atoms with Crippen LogP contribution in [0.25, 0.3) is 5.95 Å². The van der Waals surface area contributed by atoms with Gasteiger partial charge in [0.1, 0.15) is 31.1 Å². The molecule has 1 fully saturated rings. The van der Waals surface area contributed by atoms with E-state index in [1.165, 1.54) is 0 Å². The largest absolute Gasteiger partial charge is 0.497 e. The highest BCUT2D eigenvalue weighted by atomic mass is 16.6. The molecule has 234 valence electrons. The van der Waals surface area contributed by atoms with E-state index in [0.717, 1.165) is 28.6 Å². The Hall–Kier alpha value is -5.33. The second-order valence-electron chi connectivity index (χ2n) is 10.9. The number of hydrogen-bond acceptors (Lipinski definition) is 9. The van der Waals surface area contributed by atoms with Crippen molar-refractivity contribution in [3.63, 3.8) is 0 Å². The number of fused-ring (bicyclic) bond motifs is 1. The highest BCUT2D eigenvalue weighted by molar-refractivity contribution is 5.90. The molecule has 0 aliphatic carbocycles. The Bertz CT molecular complexity index is 1630. The summed E-state index contributed by atoms with van der Waals surface area (Å²) >= 11 is 0. The fourth-order valence-corrected chi connectivity index (χ4v) is 5.44. The van der Waals surface area contributed by atoms with Crippen LogP contribution in [0.15, 0.2) is 67.3 Å². The van der Waals surface area contributed by atoms with Gasteiger partial charge in [-0.05, 0) is 55.3 Å². The number of piperazine rings is 1. The number of benzene rings is 2. The third kappa shape index (κ3) is 7.25. The molecule has 4 aromatic rings. The van der Waals surface area contributed by atoms with Crippen molar-refractivity contribution in [2.75, 3.05) is 56.7 Å². The zero-order valence-corrected chi connectivity index (χ0v) is 25.3. The molecule has 4 heterocycles. The summed E-state index contributed by atoms with van der Waals surface area (Å²) in [6.07, 6.45) is 5.88. The van der Waals surface area contributed by atoms with Gasteiger partial charge in [0.2, 0.25) is 11.9 Å². The molecule has 1 saturated heterocycles. The number of carbonyl (C=O) groups excluding carboxylic acids is 2. The molecule has 0 bridgehead atoms. The van der Waals surface area contributed by atoms with Crippen LogP contribution < -0.4 is 29.7 Å². The van der Waals surface area contributed by atoms with Crippen molar-refractivity contribution >= 4 is 23.4 Å². The van der Waals surface area contributed by atoms with Crippen LogP contribution >= 0.6 is 0 Å². The second kappa shape index (κ2) is 13.5. The number of aryl methyl sites for hydroxylation is 1. The molecule has 0 saturated carbocycles. The molecular weight excluding hydrogens is 576 g/mol. The highest BCUT2D eigenvalue weighted by Crippen LogP contribution is 2.31. The van der Waals surface area contributed by atoms with Gasteiger partial charge in [0.15, 0.2) is 11.5 Å². The lowest BCUT2D eigenvalue weighted by molar-refractivity contribution is -0.122. The number of hydrogen-bond donors (Lipinski definition) is 2. The molecule has 13 heteroatoms. The van der Waals surface area contributed by atoms with E-state index in [2.05, 4.69) is 25.5 Å². The average molecular weight is 613 g/mol. The number of imidazole rings is 1. The van der Waals surface area contributed by atoms with E-state index in [4.69, 9.17) is 19.2 Å². The number of urea groups is 1. The fraction of sp³-hybridized carbons (Fsp3) is 0.344. The summed E-state index contributed by atoms with van der Waals surface area (Å²) in [5.74, 6) is 3.25. The minimum atomic E-state index is -0.404. The average Bonchev–Trinajstić information content (AvgIpc) is 3.60. The van der Waals surface area contributed by atoms with Gasteiger partial charge >= 0.3 is 6.03 Å². The molecule has 1 unspecified atom stereocenters. The molecule has 45 heavy (non-hydrogen) atoms. The summed E-state index contributed by atoms with van der Waals surface area (Å²) in [4.78, 5) is 44.0. The minimum absolute atomic E-state index is 0.131. The normalized spacial score (nSPS) is 15.8. The van der Waals surface area contributed by atoms with E-state index in [1.54, 1.807) is 59.6 Å². The predicted molar refractivity (Wildman–Crippen MR) is 167 cm³/mol. The molecule has 2 aromatic carbocycles. The molecule has 0 spiro atoms. The van der Waals surface area contributed by atoms with E-state index in [1.807, 2.05) is 31.2 Å². The molecule has 13 nitrogen and oxygen atoms in total. The van der Waals surface area contributed by atoms with Gasteiger partial charge in [0.25, 0.3) is 0 Å². The van der Waals surface area contributed by atoms with Crippen LogP contribution in [0.1, 0.15) is 17.7 Å².